The average molecular weight is 182 g/mol. The summed E-state index contributed by atoms with van der Waals surface area (Å²) in [4.78, 5) is 10.1. The summed E-state index contributed by atoms with van der Waals surface area (Å²) in [6, 6.07) is 0. The van der Waals surface area contributed by atoms with Crippen molar-refractivity contribution >= 4 is 5.97 Å². The first kappa shape index (κ1) is 11.9. The number of ether oxygens (including phenoxy) is 1. The van der Waals surface area contributed by atoms with Crippen molar-refractivity contribution in [3.63, 3.8) is 0 Å². The summed E-state index contributed by atoms with van der Waals surface area (Å²) < 4.78 is 4.51. The molecule has 0 aromatic carbocycles. The molecule has 1 heterocycles. The molecule has 62 valence electrons. The van der Waals surface area contributed by atoms with Gasteiger partial charge in [0.1, 0.15) is 30.5 Å². The van der Waals surface area contributed by atoms with Gasteiger partial charge in [-0.15, -0.1) is 0 Å². The quantitative estimate of drug-likeness (QED) is 0.394. The molecular weight excluding hydrogens is 175 g/mol. The second-order valence-electron chi connectivity index (χ2n) is 2.19. The molecule has 1 unspecified atom stereocenters. The maximum absolute atomic E-state index is 10.1. The van der Waals surface area contributed by atoms with Crippen LogP contribution in [0.3, 0.4) is 0 Å². The van der Waals surface area contributed by atoms with Crippen LogP contribution in [0.5, 0.6) is 0 Å². The molecule has 12 heavy (non-hydrogen) atoms. The maximum atomic E-state index is 10.1. The molecule has 0 aromatic heterocycles. The number of carboxylic acid groups (broad SMARTS) is 1. The SMILES string of the molecule is O=C([O-])C1=C[C@H](O)C(O)CO1.[Na+]. The Morgan fingerprint density at radius 2 is 2.25 bits per heavy atom. The van der Waals surface area contributed by atoms with Crippen LogP contribution in [0.2, 0.25) is 0 Å². The van der Waals surface area contributed by atoms with Gasteiger partial charge in [0.2, 0.25) is 0 Å². The van der Waals surface area contributed by atoms with Crippen molar-refractivity contribution in [2.24, 2.45) is 0 Å². The number of rotatable bonds is 1. The third kappa shape index (κ3) is 2.76. The average Bonchev–Trinajstić information content (AvgIpc) is 1.94. The Morgan fingerprint density at radius 1 is 1.67 bits per heavy atom. The van der Waals surface area contributed by atoms with Crippen molar-refractivity contribution in [1.82, 2.24) is 0 Å². The van der Waals surface area contributed by atoms with E-state index in [0.29, 0.717) is 0 Å². The normalized spacial score (nSPS) is 28.0. The Kier molecular flexibility index (Phi) is 4.81. The zero-order valence-corrected chi connectivity index (χ0v) is 8.56. The van der Waals surface area contributed by atoms with Crippen molar-refractivity contribution in [2.75, 3.05) is 6.61 Å². The van der Waals surface area contributed by atoms with Gasteiger partial charge in [0, 0.05) is 0 Å². The Labute approximate surface area is 90.9 Å². The zero-order valence-electron chi connectivity index (χ0n) is 6.56. The Balaban J connectivity index is 0.00000121. The first-order valence-electron chi connectivity index (χ1n) is 3.03. The first-order valence-corrected chi connectivity index (χ1v) is 3.03. The Morgan fingerprint density at radius 3 is 2.67 bits per heavy atom. The fourth-order valence-corrected chi connectivity index (χ4v) is 0.715. The number of carbonyl (C=O) groups is 1. The van der Waals surface area contributed by atoms with Gasteiger partial charge in [-0.25, -0.2) is 0 Å². The fourth-order valence-electron chi connectivity index (χ4n) is 0.715. The molecule has 1 rings (SSSR count). The van der Waals surface area contributed by atoms with Gasteiger partial charge < -0.3 is 24.9 Å². The predicted octanol–water partition coefficient (Wildman–Crippen LogP) is -5.62. The van der Waals surface area contributed by atoms with Crippen LogP contribution in [-0.2, 0) is 9.53 Å². The predicted molar refractivity (Wildman–Crippen MR) is 31.1 cm³/mol. The molecule has 0 fully saturated rings. The number of hydrogen-bond donors (Lipinski definition) is 2. The van der Waals surface area contributed by atoms with Gasteiger partial charge in [-0.3, -0.25) is 0 Å². The molecule has 0 saturated carbocycles. The van der Waals surface area contributed by atoms with E-state index in [0.717, 1.165) is 6.08 Å². The smallest absolute Gasteiger partial charge is 0.542 e. The molecule has 0 saturated heterocycles. The van der Waals surface area contributed by atoms with Crippen molar-refractivity contribution < 1.29 is 54.4 Å². The zero-order chi connectivity index (χ0) is 8.43. The molecule has 0 radical (unpaired) electrons. The van der Waals surface area contributed by atoms with Gasteiger partial charge >= 0.3 is 29.6 Å². The van der Waals surface area contributed by atoms with E-state index in [1.807, 2.05) is 0 Å². The van der Waals surface area contributed by atoms with Gasteiger partial charge in [0.15, 0.2) is 0 Å². The molecule has 0 bridgehead atoms. The van der Waals surface area contributed by atoms with Crippen LogP contribution >= 0.6 is 0 Å². The summed E-state index contributed by atoms with van der Waals surface area (Å²) in [5.74, 6) is -1.92. The molecule has 2 atom stereocenters. The molecule has 2 N–H and O–H groups in total. The minimum Gasteiger partial charge on any atom is -0.542 e. The molecule has 5 nitrogen and oxygen atoms in total. The summed E-state index contributed by atoms with van der Waals surface area (Å²) in [5, 5.41) is 27.9. The number of hydrogen-bond acceptors (Lipinski definition) is 5. The van der Waals surface area contributed by atoms with Crippen LogP contribution in [0.4, 0.5) is 0 Å². The van der Waals surface area contributed by atoms with E-state index in [9.17, 15) is 9.90 Å². The molecule has 0 aliphatic carbocycles. The van der Waals surface area contributed by atoms with E-state index in [1.54, 1.807) is 0 Å². The molecule has 0 aromatic rings. The number of carbonyl (C=O) groups excluding carboxylic acids is 1. The van der Waals surface area contributed by atoms with E-state index in [2.05, 4.69) is 4.74 Å². The van der Waals surface area contributed by atoms with Crippen LogP contribution in [0, 0.1) is 0 Å². The molecule has 6 heteroatoms. The molecular formula is C6H7NaO5. The standard InChI is InChI=1S/C6H8O5.Na/c7-3-1-5(6(9)10)11-2-4(3)8;/h1,3-4,7-8H,2H2,(H,9,10);/q;+1/p-1/t3-,4?;/m0./s1. The summed E-state index contributed by atoms with van der Waals surface area (Å²) in [6.07, 6.45) is -1.33. The minimum absolute atomic E-state index is 0. The first-order chi connectivity index (χ1) is 5.11. The van der Waals surface area contributed by atoms with Crippen LogP contribution in [0.25, 0.3) is 0 Å². The summed E-state index contributed by atoms with van der Waals surface area (Å²) in [5.41, 5.74) is 0. The second-order valence-corrected chi connectivity index (χ2v) is 2.19. The minimum atomic E-state index is -1.49. The van der Waals surface area contributed by atoms with E-state index < -0.39 is 23.9 Å². The third-order valence-corrected chi connectivity index (χ3v) is 1.33. The topological polar surface area (TPSA) is 89.8 Å². The van der Waals surface area contributed by atoms with E-state index in [-0.39, 0.29) is 36.2 Å². The number of aliphatic hydroxyl groups is 2. The van der Waals surface area contributed by atoms with Crippen molar-refractivity contribution in [1.29, 1.82) is 0 Å². The molecule has 1 aliphatic heterocycles. The van der Waals surface area contributed by atoms with E-state index >= 15 is 0 Å². The Hall–Kier alpha value is -0.0700. The van der Waals surface area contributed by atoms with Crippen molar-refractivity contribution in [2.45, 2.75) is 12.2 Å². The maximum Gasteiger partial charge on any atom is 1.00 e. The van der Waals surface area contributed by atoms with Gasteiger partial charge in [-0.1, -0.05) is 0 Å². The van der Waals surface area contributed by atoms with E-state index in [1.165, 1.54) is 0 Å². The van der Waals surface area contributed by atoms with Crippen LogP contribution in [0.15, 0.2) is 11.8 Å². The largest absolute Gasteiger partial charge is 1.00 e. The molecule has 0 spiro atoms. The number of aliphatic hydroxyl groups excluding tert-OH is 2. The fraction of sp³-hybridized carbons (Fsp3) is 0.500. The molecule has 0 amide bonds. The molecule has 1 aliphatic rings. The third-order valence-electron chi connectivity index (χ3n) is 1.33. The van der Waals surface area contributed by atoms with Gasteiger partial charge in [-0.2, -0.15) is 0 Å². The second kappa shape index (κ2) is 4.84. The summed E-state index contributed by atoms with van der Waals surface area (Å²) in [7, 11) is 0. The number of carboxylic acids is 1. The van der Waals surface area contributed by atoms with Crippen molar-refractivity contribution in [3.8, 4) is 0 Å². The van der Waals surface area contributed by atoms with Crippen LogP contribution < -0.4 is 34.7 Å². The number of aliphatic carboxylic acids is 1. The van der Waals surface area contributed by atoms with Crippen LogP contribution in [0.1, 0.15) is 0 Å². The van der Waals surface area contributed by atoms with Gasteiger partial charge in [0.25, 0.3) is 0 Å². The summed E-state index contributed by atoms with van der Waals surface area (Å²) >= 11 is 0. The van der Waals surface area contributed by atoms with Gasteiger partial charge in [0.05, 0.1) is 0 Å². The Bertz CT molecular complexity index is 202. The van der Waals surface area contributed by atoms with Gasteiger partial charge in [-0.05, 0) is 6.08 Å². The van der Waals surface area contributed by atoms with E-state index in [4.69, 9.17) is 10.2 Å². The monoisotopic (exact) mass is 182 g/mol. The van der Waals surface area contributed by atoms with Crippen LogP contribution in [-0.4, -0.2) is 35.0 Å². The summed E-state index contributed by atoms with van der Waals surface area (Å²) in [6.45, 7) is -0.221. The van der Waals surface area contributed by atoms with Crippen molar-refractivity contribution in [3.05, 3.63) is 11.8 Å².